The Labute approximate surface area is 185 Å². The Kier molecular flexibility index (Phi) is 6.93. The van der Waals surface area contributed by atoms with Crippen molar-refractivity contribution in [3.8, 4) is 11.6 Å². The number of aromatic nitrogens is 1. The van der Waals surface area contributed by atoms with Crippen LogP contribution >= 0.6 is 11.6 Å². The van der Waals surface area contributed by atoms with Crippen molar-refractivity contribution in [1.82, 2.24) is 20.3 Å². The lowest BCUT2D eigenvalue weighted by Gasteiger charge is -2.26. The van der Waals surface area contributed by atoms with Gasteiger partial charge in [-0.05, 0) is 49.3 Å². The molecule has 0 saturated carbocycles. The minimum atomic E-state index is -0.581. The van der Waals surface area contributed by atoms with E-state index in [1.54, 1.807) is 29.2 Å². The summed E-state index contributed by atoms with van der Waals surface area (Å²) in [6.45, 7) is 4.03. The van der Waals surface area contributed by atoms with Gasteiger partial charge in [-0.2, -0.15) is 0 Å². The molecule has 3 heterocycles. The third-order valence-corrected chi connectivity index (χ3v) is 5.62. The fourth-order valence-electron chi connectivity index (χ4n) is 3.72. The summed E-state index contributed by atoms with van der Waals surface area (Å²) in [5.41, 5.74) is 0.608. The summed E-state index contributed by atoms with van der Waals surface area (Å²) in [6.07, 6.45) is 2.32. The maximum atomic E-state index is 12.6. The van der Waals surface area contributed by atoms with Gasteiger partial charge in [0.25, 0.3) is 11.8 Å². The summed E-state index contributed by atoms with van der Waals surface area (Å²) in [7, 11) is 0. The molecule has 2 aliphatic heterocycles. The topological polar surface area (TPSA) is 97.1 Å². The van der Waals surface area contributed by atoms with E-state index in [1.165, 1.54) is 12.8 Å². The molecule has 0 unspecified atom stereocenters. The number of amides is 2. The van der Waals surface area contributed by atoms with Crippen LogP contribution in [-0.4, -0.2) is 66.3 Å². The van der Waals surface area contributed by atoms with Crippen LogP contribution in [0.1, 0.15) is 24.2 Å². The number of halogens is 1. The Morgan fingerprint density at radius 2 is 2.06 bits per heavy atom. The summed E-state index contributed by atoms with van der Waals surface area (Å²) >= 11 is 5.93. The average Bonchev–Trinajstić information content (AvgIpc) is 3.42. The maximum absolute atomic E-state index is 12.6. The second-order valence-electron chi connectivity index (χ2n) is 7.57. The number of fused-ring (bicyclic) bond motifs is 1. The fourth-order valence-corrected chi connectivity index (χ4v) is 3.90. The summed E-state index contributed by atoms with van der Waals surface area (Å²) in [6, 6.07) is 6.88. The van der Waals surface area contributed by atoms with E-state index in [4.69, 9.17) is 25.6 Å². The number of carbonyl (C=O) groups excluding carboxylic acids is 2. The number of nitrogens with one attached hydrogen (secondary N) is 1. The number of nitrogens with zero attached hydrogens (tertiary/aromatic N) is 3. The van der Waals surface area contributed by atoms with E-state index < -0.39 is 6.09 Å². The molecule has 2 amide bonds. The predicted octanol–water partition coefficient (Wildman–Crippen LogP) is 2.48. The maximum Gasteiger partial charge on any atom is 0.414 e. The Hall–Kier alpha value is -2.78. The van der Waals surface area contributed by atoms with Crippen molar-refractivity contribution in [2.45, 2.75) is 25.8 Å². The van der Waals surface area contributed by atoms with Crippen molar-refractivity contribution in [3.05, 3.63) is 40.6 Å². The Bertz CT molecular complexity index is 928. The lowest BCUT2D eigenvalue weighted by Crippen LogP contribution is -2.39. The molecule has 1 N–H and O–H groups in total. The van der Waals surface area contributed by atoms with Gasteiger partial charge in [0.2, 0.25) is 0 Å². The van der Waals surface area contributed by atoms with Gasteiger partial charge < -0.3 is 29.1 Å². The highest BCUT2D eigenvalue weighted by Crippen LogP contribution is 2.28. The number of likely N-dealkylation sites (tertiary alicyclic amines) is 1. The molecule has 9 nitrogen and oxygen atoms in total. The minimum absolute atomic E-state index is 0.0990. The van der Waals surface area contributed by atoms with Gasteiger partial charge >= 0.3 is 6.09 Å². The van der Waals surface area contributed by atoms with Gasteiger partial charge in [0.05, 0.1) is 12.1 Å². The smallest absolute Gasteiger partial charge is 0.414 e. The molecule has 1 saturated heterocycles. The summed E-state index contributed by atoms with van der Waals surface area (Å²) in [5, 5.41) is 7.14. The fraction of sp³-hybridized carbons (Fsp3) is 0.476. The first-order valence-corrected chi connectivity index (χ1v) is 10.8. The third-order valence-electron chi connectivity index (χ3n) is 5.39. The van der Waals surface area contributed by atoms with E-state index in [0.29, 0.717) is 41.6 Å². The van der Waals surface area contributed by atoms with Gasteiger partial charge in [-0.1, -0.05) is 17.7 Å². The normalized spacial score (nSPS) is 16.1. The van der Waals surface area contributed by atoms with Crippen LogP contribution in [0.4, 0.5) is 4.79 Å². The SMILES string of the molecule is O=C(NCCN1CCCC1)Oc1noc2c1CN(C(=O)COc1cccc(Cl)c1)CC2. The largest absolute Gasteiger partial charge is 0.484 e. The van der Waals surface area contributed by atoms with Crippen molar-refractivity contribution in [3.63, 3.8) is 0 Å². The molecule has 31 heavy (non-hydrogen) atoms. The number of hydrogen-bond donors (Lipinski definition) is 1. The van der Waals surface area contributed by atoms with Crippen LogP contribution in [0.5, 0.6) is 11.6 Å². The lowest BCUT2D eigenvalue weighted by molar-refractivity contribution is -0.134. The Morgan fingerprint density at radius 1 is 1.23 bits per heavy atom. The molecule has 0 radical (unpaired) electrons. The molecule has 1 aromatic carbocycles. The van der Waals surface area contributed by atoms with Crippen molar-refractivity contribution in [2.24, 2.45) is 0 Å². The van der Waals surface area contributed by atoms with Crippen LogP contribution < -0.4 is 14.8 Å². The van der Waals surface area contributed by atoms with Gasteiger partial charge in [-0.3, -0.25) is 4.79 Å². The number of benzene rings is 1. The van der Waals surface area contributed by atoms with Crippen LogP contribution in [-0.2, 0) is 17.8 Å². The summed E-state index contributed by atoms with van der Waals surface area (Å²) in [5.74, 6) is 1.06. The van der Waals surface area contributed by atoms with Gasteiger partial charge in [-0.25, -0.2) is 4.79 Å². The van der Waals surface area contributed by atoms with E-state index in [0.717, 1.165) is 19.6 Å². The van der Waals surface area contributed by atoms with Crippen molar-refractivity contribution < 1.29 is 23.6 Å². The van der Waals surface area contributed by atoms with E-state index in [9.17, 15) is 9.59 Å². The third kappa shape index (κ3) is 5.68. The first-order valence-electron chi connectivity index (χ1n) is 10.4. The molecule has 1 fully saturated rings. The molecular weight excluding hydrogens is 424 g/mol. The molecule has 2 aromatic rings. The van der Waals surface area contributed by atoms with Crippen LogP contribution in [0, 0.1) is 0 Å². The quantitative estimate of drug-likeness (QED) is 0.694. The second-order valence-corrected chi connectivity index (χ2v) is 8.00. The molecular formula is C21H25ClN4O5. The highest BCUT2D eigenvalue weighted by molar-refractivity contribution is 6.30. The molecule has 2 aliphatic rings. The van der Waals surface area contributed by atoms with Crippen LogP contribution in [0.15, 0.2) is 28.8 Å². The average molecular weight is 449 g/mol. The van der Waals surface area contributed by atoms with Crippen LogP contribution in [0.2, 0.25) is 5.02 Å². The monoisotopic (exact) mass is 448 g/mol. The molecule has 4 rings (SSSR count). The zero-order valence-corrected chi connectivity index (χ0v) is 17.9. The molecule has 166 valence electrons. The highest BCUT2D eigenvalue weighted by atomic mass is 35.5. The van der Waals surface area contributed by atoms with Crippen molar-refractivity contribution in [2.75, 3.05) is 39.3 Å². The van der Waals surface area contributed by atoms with Gasteiger partial charge in [0.15, 0.2) is 6.61 Å². The first-order chi connectivity index (χ1) is 15.1. The van der Waals surface area contributed by atoms with Crippen LogP contribution in [0.25, 0.3) is 0 Å². The summed E-state index contributed by atoms with van der Waals surface area (Å²) in [4.78, 5) is 28.6. The van der Waals surface area contributed by atoms with E-state index in [1.807, 2.05) is 0 Å². The number of hydrogen-bond acceptors (Lipinski definition) is 7. The van der Waals surface area contributed by atoms with E-state index in [-0.39, 0.29) is 24.9 Å². The minimum Gasteiger partial charge on any atom is -0.484 e. The number of rotatable bonds is 7. The van der Waals surface area contributed by atoms with Crippen LogP contribution in [0.3, 0.4) is 0 Å². The molecule has 10 heteroatoms. The predicted molar refractivity (Wildman–Crippen MR) is 112 cm³/mol. The van der Waals surface area contributed by atoms with E-state index >= 15 is 0 Å². The standard InChI is InChI=1S/C21H25ClN4O5/c22-15-4-3-5-16(12-15)29-14-19(27)26-10-6-18-17(13-26)20(24-31-18)30-21(28)23-7-11-25-8-1-2-9-25/h3-5,12H,1-2,6-11,13-14H2,(H,23,28). The summed E-state index contributed by atoms with van der Waals surface area (Å²) < 4.78 is 16.2. The molecule has 0 atom stereocenters. The number of ether oxygens (including phenoxy) is 2. The van der Waals surface area contributed by atoms with Gasteiger partial charge in [0, 0.05) is 31.1 Å². The Morgan fingerprint density at radius 3 is 2.87 bits per heavy atom. The van der Waals surface area contributed by atoms with Gasteiger partial charge in [0.1, 0.15) is 11.5 Å². The van der Waals surface area contributed by atoms with Crippen molar-refractivity contribution in [1.29, 1.82) is 0 Å². The first kappa shape index (κ1) is 21.5. The van der Waals surface area contributed by atoms with E-state index in [2.05, 4.69) is 15.4 Å². The zero-order valence-electron chi connectivity index (χ0n) is 17.1. The molecule has 0 aliphatic carbocycles. The highest BCUT2D eigenvalue weighted by Gasteiger charge is 2.29. The van der Waals surface area contributed by atoms with Crippen molar-refractivity contribution >= 4 is 23.6 Å². The lowest BCUT2D eigenvalue weighted by atomic mass is 10.1. The zero-order chi connectivity index (χ0) is 21.6. The number of carbonyl (C=O) groups is 2. The van der Waals surface area contributed by atoms with Gasteiger partial charge in [-0.15, -0.1) is 0 Å². The molecule has 0 spiro atoms. The molecule has 0 bridgehead atoms. The Balaban J connectivity index is 1.27. The second kappa shape index (κ2) is 10.0. The molecule has 1 aromatic heterocycles.